The van der Waals surface area contributed by atoms with Crippen LogP contribution < -0.4 is 10.1 Å². The van der Waals surface area contributed by atoms with E-state index in [2.05, 4.69) is 44.3 Å². The summed E-state index contributed by atoms with van der Waals surface area (Å²) in [6.07, 6.45) is 2.54. The van der Waals surface area contributed by atoms with Gasteiger partial charge in [-0.2, -0.15) is 0 Å². The minimum absolute atomic E-state index is 0.321. The third-order valence-corrected chi connectivity index (χ3v) is 3.63. The average molecular weight is 233 g/mol. The first-order valence-electron chi connectivity index (χ1n) is 6.46. The van der Waals surface area contributed by atoms with E-state index in [0.717, 1.165) is 12.3 Å². The second-order valence-corrected chi connectivity index (χ2v) is 5.52. The minimum atomic E-state index is 0.321. The Morgan fingerprint density at radius 3 is 2.59 bits per heavy atom. The van der Waals surface area contributed by atoms with Gasteiger partial charge in [0.15, 0.2) is 0 Å². The summed E-state index contributed by atoms with van der Waals surface area (Å²) in [5, 5.41) is 3.56. The van der Waals surface area contributed by atoms with E-state index >= 15 is 0 Å². The van der Waals surface area contributed by atoms with E-state index < -0.39 is 0 Å². The molecule has 0 aromatic heterocycles. The maximum absolute atomic E-state index is 5.51. The Labute approximate surface area is 104 Å². The van der Waals surface area contributed by atoms with Gasteiger partial charge in [-0.05, 0) is 25.8 Å². The predicted molar refractivity (Wildman–Crippen MR) is 71.8 cm³/mol. The maximum Gasteiger partial charge on any atom is 0.122 e. The Kier molecular flexibility index (Phi) is 3.43. The van der Waals surface area contributed by atoms with Crippen molar-refractivity contribution in [2.45, 2.75) is 45.1 Å². The van der Waals surface area contributed by atoms with Crippen molar-refractivity contribution in [3.63, 3.8) is 0 Å². The van der Waals surface area contributed by atoms with Gasteiger partial charge in [0.2, 0.25) is 0 Å². The van der Waals surface area contributed by atoms with E-state index in [1.54, 1.807) is 7.11 Å². The van der Waals surface area contributed by atoms with Gasteiger partial charge in [0.1, 0.15) is 5.75 Å². The molecular weight excluding hydrogens is 210 g/mol. The molecule has 0 saturated heterocycles. The molecule has 1 aromatic carbocycles. The van der Waals surface area contributed by atoms with Crippen molar-refractivity contribution >= 4 is 0 Å². The summed E-state index contributed by atoms with van der Waals surface area (Å²) in [6, 6.07) is 7.05. The normalized spacial score (nSPS) is 17.2. The average Bonchev–Trinajstić information content (AvgIpc) is 3.07. The zero-order valence-corrected chi connectivity index (χ0v) is 11.3. The van der Waals surface area contributed by atoms with Crippen LogP contribution in [-0.4, -0.2) is 19.7 Å². The Bertz CT molecular complexity index is 394. The molecule has 0 atom stereocenters. The van der Waals surface area contributed by atoms with Gasteiger partial charge < -0.3 is 10.1 Å². The molecule has 0 spiro atoms. The summed E-state index contributed by atoms with van der Waals surface area (Å²) in [4.78, 5) is 0. The highest BCUT2D eigenvalue weighted by molar-refractivity contribution is 5.45. The summed E-state index contributed by atoms with van der Waals surface area (Å²) in [5.74, 6) is 1.04. The van der Waals surface area contributed by atoms with E-state index in [0.29, 0.717) is 11.5 Å². The van der Waals surface area contributed by atoms with E-state index in [4.69, 9.17) is 4.74 Å². The lowest BCUT2D eigenvalue weighted by Crippen LogP contribution is -2.32. The van der Waals surface area contributed by atoms with E-state index in [1.165, 1.54) is 24.0 Å². The van der Waals surface area contributed by atoms with Crippen molar-refractivity contribution in [1.82, 2.24) is 5.32 Å². The fourth-order valence-electron chi connectivity index (χ4n) is 2.33. The van der Waals surface area contributed by atoms with Crippen LogP contribution in [0.25, 0.3) is 0 Å². The zero-order chi connectivity index (χ0) is 12.5. The molecule has 17 heavy (non-hydrogen) atoms. The molecule has 1 N–H and O–H groups in total. The first kappa shape index (κ1) is 12.4. The number of ether oxygens (including phenoxy) is 1. The van der Waals surface area contributed by atoms with Crippen LogP contribution in [0.15, 0.2) is 18.2 Å². The summed E-state index contributed by atoms with van der Waals surface area (Å²) in [7, 11) is 1.76. The summed E-state index contributed by atoms with van der Waals surface area (Å²) < 4.78 is 5.51. The minimum Gasteiger partial charge on any atom is -0.496 e. The second kappa shape index (κ2) is 4.69. The van der Waals surface area contributed by atoms with Gasteiger partial charge in [0.05, 0.1) is 7.11 Å². The predicted octanol–water partition coefficient (Wildman–Crippen LogP) is 3.03. The third kappa shape index (κ3) is 2.63. The summed E-state index contributed by atoms with van der Waals surface area (Å²) in [5.41, 5.74) is 3.02. The lowest BCUT2D eigenvalue weighted by molar-refractivity contribution is 0.400. The lowest BCUT2D eigenvalue weighted by Gasteiger charge is -2.21. The zero-order valence-electron chi connectivity index (χ0n) is 11.3. The standard InChI is InChI=1S/C15H23NO/c1-11(2)16-10-15(7-8-15)13-9-12(3)5-6-14(13)17-4/h5-6,9,11,16H,7-8,10H2,1-4H3. The van der Waals surface area contributed by atoms with E-state index in [-0.39, 0.29) is 0 Å². The summed E-state index contributed by atoms with van der Waals surface area (Å²) >= 11 is 0. The molecule has 1 saturated carbocycles. The van der Waals surface area contributed by atoms with Crippen LogP contribution in [-0.2, 0) is 5.41 Å². The van der Waals surface area contributed by atoms with Gasteiger partial charge in [-0.1, -0.05) is 31.5 Å². The smallest absolute Gasteiger partial charge is 0.122 e. The molecule has 2 heteroatoms. The summed E-state index contributed by atoms with van der Waals surface area (Å²) in [6.45, 7) is 7.60. The highest BCUT2D eigenvalue weighted by Crippen LogP contribution is 2.51. The molecule has 0 unspecified atom stereocenters. The van der Waals surface area contributed by atoms with Crippen LogP contribution in [0.1, 0.15) is 37.8 Å². The quantitative estimate of drug-likeness (QED) is 0.844. The van der Waals surface area contributed by atoms with Gasteiger partial charge in [-0.3, -0.25) is 0 Å². The Hall–Kier alpha value is -1.02. The first-order chi connectivity index (χ1) is 8.07. The number of aryl methyl sites for hydroxylation is 1. The molecule has 0 amide bonds. The van der Waals surface area contributed by atoms with Gasteiger partial charge in [-0.25, -0.2) is 0 Å². The fourth-order valence-corrected chi connectivity index (χ4v) is 2.33. The van der Waals surface area contributed by atoms with Crippen LogP contribution in [0.2, 0.25) is 0 Å². The second-order valence-electron chi connectivity index (χ2n) is 5.52. The number of rotatable bonds is 5. The SMILES string of the molecule is COc1ccc(C)cc1C1(CNC(C)C)CC1. The van der Waals surface area contributed by atoms with Gasteiger partial charge in [0.25, 0.3) is 0 Å². The van der Waals surface area contributed by atoms with Crippen LogP contribution >= 0.6 is 0 Å². The van der Waals surface area contributed by atoms with E-state index in [1.807, 2.05) is 0 Å². The number of hydrogen-bond donors (Lipinski definition) is 1. The number of methoxy groups -OCH3 is 1. The highest BCUT2D eigenvalue weighted by atomic mass is 16.5. The Morgan fingerprint density at radius 1 is 1.35 bits per heavy atom. The molecule has 1 aliphatic rings. The van der Waals surface area contributed by atoms with Crippen LogP contribution in [0.4, 0.5) is 0 Å². The topological polar surface area (TPSA) is 21.3 Å². The van der Waals surface area contributed by atoms with Gasteiger partial charge >= 0.3 is 0 Å². The van der Waals surface area contributed by atoms with Crippen LogP contribution in [0.3, 0.4) is 0 Å². The van der Waals surface area contributed by atoms with E-state index in [9.17, 15) is 0 Å². The Morgan fingerprint density at radius 2 is 2.06 bits per heavy atom. The molecule has 94 valence electrons. The Balaban J connectivity index is 2.23. The molecule has 1 aromatic rings. The van der Waals surface area contributed by atoms with Crippen molar-refractivity contribution in [3.05, 3.63) is 29.3 Å². The molecular formula is C15H23NO. The van der Waals surface area contributed by atoms with Crippen molar-refractivity contribution < 1.29 is 4.74 Å². The molecule has 2 rings (SSSR count). The first-order valence-corrected chi connectivity index (χ1v) is 6.46. The van der Waals surface area contributed by atoms with Gasteiger partial charge in [0, 0.05) is 23.6 Å². The number of hydrogen-bond acceptors (Lipinski definition) is 2. The molecule has 0 aliphatic heterocycles. The lowest BCUT2D eigenvalue weighted by atomic mass is 9.93. The van der Waals surface area contributed by atoms with Crippen LogP contribution in [0.5, 0.6) is 5.75 Å². The molecule has 2 nitrogen and oxygen atoms in total. The highest BCUT2D eigenvalue weighted by Gasteiger charge is 2.45. The fraction of sp³-hybridized carbons (Fsp3) is 0.600. The van der Waals surface area contributed by atoms with Crippen molar-refractivity contribution in [2.75, 3.05) is 13.7 Å². The molecule has 1 fully saturated rings. The molecule has 0 radical (unpaired) electrons. The van der Waals surface area contributed by atoms with Crippen molar-refractivity contribution in [2.24, 2.45) is 0 Å². The number of nitrogens with one attached hydrogen (secondary N) is 1. The molecule has 1 aliphatic carbocycles. The maximum atomic E-state index is 5.51. The third-order valence-electron chi connectivity index (χ3n) is 3.63. The van der Waals surface area contributed by atoms with Crippen molar-refractivity contribution in [3.8, 4) is 5.75 Å². The largest absolute Gasteiger partial charge is 0.496 e. The van der Waals surface area contributed by atoms with Crippen LogP contribution in [0, 0.1) is 6.92 Å². The monoisotopic (exact) mass is 233 g/mol. The number of benzene rings is 1. The van der Waals surface area contributed by atoms with Gasteiger partial charge in [-0.15, -0.1) is 0 Å². The molecule has 0 heterocycles. The van der Waals surface area contributed by atoms with Crippen molar-refractivity contribution in [1.29, 1.82) is 0 Å². The molecule has 0 bridgehead atoms.